The van der Waals surface area contributed by atoms with Crippen molar-refractivity contribution in [1.82, 2.24) is 4.98 Å². The SMILES string of the molecule is C/C=C/c1cc2c(cn1)C(=O)[C@]1(C)OC(=O)/C(=C(/O)CCCCC)C1=C2. The smallest absolute Gasteiger partial charge is 0.343 e. The van der Waals surface area contributed by atoms with E-state index in [0.717, 1.165) is 25.0 Å². The molecule has 5 nitrogen and oxygen atoms in total. The number of aliphatic hydroxyl groups excluding tert-OH is 1. The lowest BCUT2D eigenvalue weighted by molar-refractivity contribution is -0.141. The van der Waals surface area contributed by atoms with Gasteiger partial charge in [-0.1, -0.05) is 25.8 Å². The lowest BCUT2D eigenvalue weighted by atomic mass is 9.78. The third kappa shape index (κ3) is 2.87. The summed E-state index contributed by atoms with van der Waals surface area (Å²) in [5.74, 6) is -0.956. The molecule has 1 aliphatic carbocycles. The number of esters is 1. The average molecular weight is 353 g/mol. The van der Waals surface area contributed by atoms with E-state index in [1.807, 2.05) is 19.1 Å². The van der Waals surface area contributed by atoms with Crippen molar-refractivity contribution in [2.75, 3.05) is 0 Å². The first-order valence-electron chi connectivity index (χ1n) is 8.98. The molecule has 3 rings (SSSR count). The maximum atomic E-state index is 13.0. The van der Waals surface area contributed by atoms with E-state index in [0.29, 0.717) is 23.1 Å². The van der Waals surface area contributed by atoms with Crippen LogP contribution >= 0.6 is 0 Å². The van der Waals surface area contributed by atoms with E-state index >= 15 is 0 Å². The van der Waals surface area contributed by atoms with Crippen molar-refractivity contribution in [3.05, 3.63) is 52.1 Å². The van der Waals surface area contributed by atoms with Crippen LogP contribution in [0.25, 0.3) is 12.2 Å². The second-order valence-corrected chi connectivity index (χ2v) is 6.79. The molecule has 0 aromatic carbocycles. The highest BCUT2D eigenvalue weighted by atomic mass is 16.6. The number of aliphatic hydroxyl groups is 1. The number of ketones is 1. The van der Waals surface area contributed by atoms with Crippen molar-refractivity contribution < 1.29 is 19.4 Å². The number of carbonyl (C=O) groups excluding carboxylic acids is 2. The fraction of sp³-hybridized carbons (Fsp3) is 0.381. The molecule has 1 atom stereocenters. The summed E-state index contributed by atoms with van der Waals surface area (Å²) in [7, 11) is 0. The molecule has 2 aliphatic rings. The Balaban J connectivity index is 2.11. The Morgan fingerprint density at radius 3 is 2.81 bits per heavy atom. The quantitative estimate of drug-likeness (QED) is 0.367. The van der Waals surface area contributed by atoms with Gasteiger partial charge in [-0.2, -0.15) is 0 Å². The van der Waals surface area contributed by atoms with Gasteiger partial charge in [0, 0.05) is 23.8 Å². The fourth-order valence-corrected chi connectivity index (χ4v) is 3.43. The van der Waals surface area contributed by atoms with Crippen LogP contribution in [0.3, 0.4) is 0 Å². The third-order valence-electron chi connectivity index (χ3n) is 4.86. The molecule has 0 radical (unpaired) electrons. The highest BCUT2D eigenvalue weighted by Crippen LogP contribution is 2.45. The minimum atomic E-state index is -1.40. The van der Waals surface area contributed by atoms with Gasteiger partial charge in [-0.05, 0) is 44.1 Å². The maximum Gasteiger partial charge on any atom is 0.343 e. The van der Waals surface area contributed by atoms with Gasteiger partial charge in [-0.3, -0.25) is 9.78 Å². The number of pyridine rings is 1. The molecule has 0 unspecified atom stereocenters. The molecule has 0 spiro atoms. The minimum Gasteiger partial charge on any atom is -0.511 e. The van der Waals surface area contributed by atoms with Crippen LogP contribution in [0.4, 0.5) is 0 Å². The summed E-state index contributed by atoms with van der Waals surface area (Å²) < 4.78 is 5.42. The molecule has 1 aliphatic heterocycles. The monoisotopic (exact) mass is 353 g/mol. The number of allylic oxidation sites excluding steroid dienone is 2. The molecule has 1 fully saturated rings. The van der Waals surface area contributed by atoms with Crippen molar-refractivity contribution in [2.45, 2.75) is 52.1 Å². The zero-order valence-corrected chi connectivity index (χ0v) is 15.3. The highest BCUT2D eigenvalue weighted by Gasteiger charge is 2.54. The van der Waals surface area contributed by atoms with E-state index in [-0.39, 0.29) is 17.1 Å². The first-order chi connectivity index (χ1) is 12.4. The summed E-state index contributed by atoms with van der Waals surface area (Å²) in [6, 6.07) is 1.80. The number of carbonyl (C=O) groups is 2. The van der Waals surface area contributed by atoms with Crippen LogP contribution in [-0.2, 0) is 9.53 Å². The summed E-state index contributed by atoms with van der Waals surface area (Å²) in [5.41, 5.74) is 0.995. The fourth-order valence-electron chi connectivity index (χ4n) is 3.43. The van der Waals surface area contributed by atoms with E-state index < -0.39 is 11.6 Å². The largest absolute Gasteiger partial charge is 0.511 e. The lowest BCUT2D eigenvalue weighted by Gasteiger charge is -2.27. The van der Waals surface area contributed by atoms with Gasteiger partial charge in [0.25, 0.3) is 0 Å². The Morgan fingerprint density at radius 2 is 2.12 bits per heavy atom. The third-order valence-corrected chi connectivity index (χ3v) is 4.86. The van der Waals surface area contributed by atoms with E-state index in [2.05, 4.69) is 11.9 Å². The predicted molar refractivity (Wildman–Crippen MR) is 99.5 cm³/mol. The normalized spacial score (nSPS) is 23.6. The topological polar surface area (TPSA) is 76.5 Å². The van der Waals surface area contributed by atoms with E-state index in [1.54, 1.807) is 19.1 Å². The van der Waals surface area contributed by atoms with Crippen molar-refractivity contribution >= 4 is 23.9 Å². The van der Waals surface area contributed by atoms with Crippen LogP contribution in [0.2, 0.25) is 0 Å². The molecule has 26 heavy (non-hydrogen) atoms. The Labute approximate surface area is 153 Å². The van der Waals surface area contributed by atoms with E-state index in [4.69, 9.17) is 4.74 Å². The molecule has 0 saturated carbocycles. The Morgan fingerprint density at radius 1 is 1.35 bits per heavy atom. The number of Topliss-reactive ketones (excluding diaryl/α,β-unsaturated/α-hetero) is 1. The second kappa shape index (κ2) is 6.90. The lowest BCUT2D eigenvalue weighted by Crippen LogP contribution is -2.39. The molecule has 1 saturated heterocycles. The highest BCUT2D eigenvalue weighted by molar-refractivity contribution is 6.17. The van der Waals surface area contributed by atoms with Crippen molar-refractivity contribution in [3.63, 3.8) is 0 Å². The Hall–Kier alpha value is -2.69. The number of unbranched alkanes of at least 4 members (excludes halogenated alkanes) is 2. The number of hydrogen-bond acceptors (Lipinski definition) is 5. The summed E-state index contributed by atoms with van der Waals surface area (Å²) in [6.07, 6.45) is 10.1. The summed E-state index contributed by atoms with van der Waals surface area (Å²) >= 11 is 0. The Kier molecular flexibility index (Phi) is 4.81. The van der Waals surface area contributed by atoms with Gasteiger partial charge in [-0.25, -0.2) is 4.79 Å². The van der Waals surface area contributed by atoms with E-state index in [9.17, 15) is 14.7 Å². The molecular formula is C21H23NO4. The molecule has 0 bridgehead atoms. The maximum absolute atomic E-state index is 13.0. The van der Waals surface area contributed by atoms with Crippen molar-refractivity contribution in [3.8, 4) is 0 Å². The first-order valence-corrected chi connectivity index (χ1v) is 8.98. The standard InChI is InChI=1S/C21H23NO4/c1-4-6-7-9-17(23)18-16-11-13-10-14(8-5-2)22-12-15(13)19(24)21(16,3)26-20(18)25/h5,8,10-12,23H,4,6-7,9H2,1-3H3/b8-5+,18-17+/t21-/m1/s1. The van der Waals surface area contributed by atoms with Gasteiger partial charge in [0.2, 0.25) is 5.78 Å². The van der Waals surface area contributed by atoms with Crippen LogP contribution in [-0.4, -0.2) is 27.4 Å². The molecule has 1 aromatic rings. The van der Waals surface area contributed by atoms with Crippen LogP contribution in [0.15, 0.2) is 35.2 Å². The molecule has 2 heterocycles. The number of ether oxygens (including phenoxy) is 1. The van der Waals surface area contributed by atoms with Gasteiger partial charge < -0.3 is 9.84 Å². The van der Waals surface area contributed by atoms with Crippen LogP contribution in [0.5, 0.6) is 0 Å². The number of fused-ring (bicyclic) bond motifs is 2. The molecular weight excluding hydrogens is 330 g/mol. The summed E-state index contributed by atoms with van der Waals surface area (Å²) in [5, 5.41) is 10.5. The summed E-state index contributed by atoms with van der Waals surface area (Å²) in [6.45, 7) is 5.54. The van der Waals surface area contributed by atoms with Gasteiger partial charge in [0.15, 0.2) is 5.60 Å². The van der Waals surface area contributed by atoms with Crippen molar-refractivity contribution in [1.29, 1.82) is 0 Å². The molecule has 1 aromatic heterocycles. The number of nitrogens with zero attached hydrogens (tertiary/aromatic N) is 1. The molecule has 5 heteroatoms. The zero-order valence-electron chi connectivity index (χ0n) is 15.3. The van der Waals surface area contributed by atoms with Gasteiger partial charge in [-0.15, -0.1) is 0 Å². The first kappa shape index (κ1) is 18.1. The van der Waals surface area contributed by atoms with Gasteiger partial charge in [0.05, 0.1) is 5.69 Å². The van der Waals surface area contributed by atoms with Crippen molar-refractivity contribution in [2.24, 2.45) is 0 Å². The number of rotatable bonds is 5. The van der Waals surface area contributed by atoms with Gasteiger partial charge >= 0.3 is 5.97 Å². The van der Waals surface area contributed by atoms with Crippen LogP contribution in [0.1, 0.15) is 68.1 Å². The van der Waals surface area contributed by atoms with Crippen LogP contribution < -0.4 is 0 Å². The molecule has 1 N–H and O–H groups in total. The molecule has 0 amide bonds. The zero-order chi connectivity index (χ0) is 18.9. The summed E-state index contributed by atoms with van der Waals surface area (Å²) in [4.78, 5) is 29.7. The minimum absolute atomic E-state index is 0.00240. The predicted octanol–water partition coefficient (Wildman–Crippen LogP) is 4.40. The second-order valence-electron chi connectivity index (χ2n) is 6.79. The Bertz CT molecular complexity index is 863. The van der Waals surface area contributed by atoms with Gasteiger partial charge in [0.1, 0.15) is 11.3 Å². The number of hydrogen-bond donors (Lipinski definition) is 1. The number of aromatic nitrogens is 1. The average Bonchev–Trinajstić information content (AvgIpc) is 2.86. The molecule has 136 valence electrons. The van der Waals surface area contributed by atoms with Crippen LogP contribution in [0, 0.1) is 0 Å². The van der Waals surface area contributed by atoms with E-state index in [1.165, 1.54) is 6.20 Å².